The highest BCUT2D eigenvalue weighted by Crippen LogP contribution is 2.29. The molecule has 1 aliphatic heterocycles. The summed E-state index contributed by atoms with van der Waals surface area (Å²) in [5, 5.41) is 5.41. The van der Waals surface area contributed by atoms with Crippen molar-refractivity contribution in [3.05, 3.63) is 41.1 Å². The average molecular weight is 376 g/mol. The molecule has 0 saturated heterocycles. The third-order valence-corrected chi connectivity index (χ3v) is 3.84. The lowest BCUT2D eigenvalue weighted by molar-refractivity contribution is -0.141. The van der Waals surface area contributed by atoms with Crippen LogP contribution in [-0.4, -0.2) is 37.4 Å². The second kappa shape index (κ2) is 9.41. The molecule has 1 aromatic rings. The summed E-state index contributed by atoms with van der Waals surface area (Å²) in [4.78, 5) is 24.5. The fourth-order valence-corrected chi connectivity index (χ4v) is 2.72. The van der Waals surface area contributed by atoms with E-state index in [2.05, 4.69) is 10.6 Å². The number of carbonyl (C=O) groups excluding carboxylic acids is 2. The molecule has 0 aliphatic carbocycles. The molecule has 1 heterocycles. The molecule has 0 saturated carbocycles. The van der Waals surface area contributed by atoms with E-state index in [0.717, 1.165) is 11.3 Å². The van der Waals surface area contributed by atoms with E-state index in [1.54, 1.807) is 6.92 Å². The molecule has 0 fully saturated rings. The van der Waals surface area contributed by atoms with Crippen molar-refractivity contribution >= 4 is 12.0 Å². The lowest BCUT2D eigenvalue weighted by atomic mass is 9.95. The molecule has 7 heteroatoms. The maximum atomic E-state index is 12.6. The smallest absolute Gasteiger partial charge is 0.338 e. The summed E-state index contributed by atoms with van der Waals surface area (Å²) < 4.78 is 16.4. The van der Waals surface area contributed by atoms with Gasteiger partial charge in [0, 0.05) is 5.70 Å². The monoisotopic (exact) mass is 376 g/mol. The fourth-order valence-electron chi connectivity index (χ4n) is 2.72. The van der Waals surface area contributed by atoms with Gasteiger partial charge < -0.3 is 24.8 Å². The van der Waals surface area contributed by atoms with E-state index in [-0.39, 0.29) is 24.8 Å². The molecule has 2 N–H and O–H groups in total. The minimum absolute atomic E-state index is 0.0650. The molecule has 148 valence electrons. The highest BCUT2D eigenvalue weighted by atomic mass is 16.6. The summed E-state index contributed by atoms with van der Waals surface area (Å²) in [7, 11) is 0. The number of carbonyl (C=O) groups is 2. The first-order valence-corrected chi connectivity index (χ1v) is 9.11. The van der Waals surface area contributed by atoms with Crippen LogP contribution in [0.1, 0.15) is 46.2 Å². The van der Waals surface area contributed by atoms with Gasteiger partial charge in [0.1, 0.15) is 12.4 Å². The summed E-state index contributed by atoms with van der Waals surface area (Å²) in [5.41, 5.74) is 1.61. The van der Waals surface area contributed by atoms with Crippen molar-refractivity contribution in [3.8, 4) is 5.75 Å². The molecule has 1 atom stereocenters. The van der Waals surface area contributed by atoms with Crippen molar-refractivity contribution in [2.45, 2.75) is 52.9 Å². The Bertz CT molecular complexity index is 695. The van der Waals surface area contributed by atoms with Crippen LogP contribution in [0.15, 0.2) is 35.5 Å². The summed E-state index contributed by atoms with van der Waals surface area (Å²) in [6, 6.07) is 6.34. The Balaban J connectivity index is 2.15. The fraction of sp³-hybridized carbons (Fsp3) is 0.500. The number of urea groups is 1. The summed E-state index contributed by atoms with van der Waals surface area (Å²) in [6.45, 7) is 9.88. The Labute approximate surface area is 160 Å². The van der Waals surface area contributed by atoms with Crippen molar-refractivity contribution in [1.29, 1.82) is 0 Å². The van der Waals surface area contributed by atoms with Crippen LogP contribution in [0.25, 0.3) is 0 Å². The third kappa shape index (κ3) is 5.99. The third-order valence-electron chi connectivity index (χ3n) is 3.84. The predicted molar refractivity (Wildman–Crippen MR) is 101 cm³/mol. The number of esters is 1. The number of nitrogens with one attached hydrogen (secondary N) is 2. The highest BCUT2D eigenvalue weighted by molar-refractivity contribution is 5.95. The molecule has 0 aromatic heterocycles. The highest BCUT2D eigenvalue weighted by Gasteiger charge is 2.32. The Morgan fingerprint density at radius 2 is 1.74 bits per heavy atom. The van der Waals surface area contributed by atoms with Gasteiger partial charge in [-0.25, -0.2) is 9.59 Å². The molecule has 0 radical (unpaired) electrons. The van der Waals surface area contributed by atoms with Gasteiger partial charge in [0.25, 0.3) is 0 Å². The number of benzene rings is 1. The van der Waals surface area contributed by atoms with Crippen LogP contribution in [-0.2, 0) is 14.3 Å². The molecule has 1 aromatic carbocycles. The van der Waals surface area contributed by atoms with E-state index in [0.29, 0.717) is 17.9 Å². The van der Waals surface area contributed by atoms with E-state index in [9.17, 15) is 9.59 Å². The lowest BCUT2D eigenvalue weighted by Crippen LogP contribution is -2.45. The topological polar surface area (TPSA) is 85.9 Å². The van der Waals surface area contributed by atoms with E-state index in [1.807, 2.05) is 52.0 Å². The second-order valence-corrected chi connectivity index (χ2v) is 6.86. The van der Waals surface area contributed by atoms with Crippen LogP contribution >= 0.6 is 0 Å². The Hall–Kier alpha value is -2.54. The number of allylic oxidation sites excluding steroid dienone is 1. The molecule has 27 heavy (non-hydrogen) atoms. The molecular formula is C20H28N2O5. The van der Waals surface area contributed by atoms with Gasteiger partial charge in [0.2, 0.25) is 0 Å². The van der Waals surface area contributed by atoms with Crippen LogP contribution < -0.4 is 15.4 Å². The molecule has 0 spiro atoms. The predicted octanol–water partition coefficient (Wildman–Crippen LogP) is 3.07. The lowest BCUT2D eigenvalue weighted by Gasteiger charge is -2.28. The summed E-state index contributed by atoms with van der Waals surface area (Å²) >= 11 is 0. The van der Waals surface area contributed by atoms with Gasteiger partial charge in [0.05, 0.1) is 30.4 Å². The molecular weight excluding hydrogens is 348 g/mol. The Morgan fingerprint density at radius 1 is 1.07 bits per heavy atom. The first kappa shape index (κ1) is 20.8. The normalized spacial score (nSPS) is 17.0. The van der Waals surface area contributed by atoms with Crippen molar-refractivity contribution in [1.82, 2.24) is 10.6 Å². The molecule has 0 bridgehead atoms. The van der Waals surface area contributed by atoms with Crippen LogP contribution in [0.2, 0.25) is 0 Å². The summed E-state index contributed by atoms with van der Waals surface area (Å²) in [6.07, 6.45) is 0.134. The Kier molecular flexibility index (Phi) is 7.24. The largest absolute Gasteiger partial charge is 0.491 e. The van der Waals surface area contributed by atoms with E-state index in [1.165, 1.54) is 0 Å². The zero-order valence-electron chi connectivity index (χ0n) is 16.5. The maximum absolute atomic E-state index is 12.6. The van der Waals surface area contributed by atoms with E-state index in [4.69, 9.17) is 14.2 Å². The van der Waals surface area contributed by atoms with E-state index >= 15 is 0 Å². The molecule has 2 rings (SSSR count). The SMILES string of the molecule is CC1=C(C(=O)OCCOC(C)C)[C@@H](c2ccc(OC(C)C)cc2)NC(=O)N1. The number of ether oxygens (including phenoxy) is 3. The standard InChI is InChI=1S/C20H28N2O5/c1-12(2)25-10-11-26-19(23)17-14(5)21-20(24)22-18(17)15-6-8-16(9-7-15)27-13(3)4/h6-9,12-13,18H,10-11H2,1-5H3,(H2,21,22,24)/t18-/m1/s1. The van der Waals surface area contributed by atoms with Gasteiger partial charge >= 0.3 is 12.0 Å². The summed E-state index contributed by atoms with van der Waals surface area (Å²) in [5.74, 6) is 0.240. The minimum atomic E-state index is -0.592. The maximum Gasteiger partial charge on any atom is 0.338 e. The Morgan fingerprint density at radius 3 is 2.33 bits per heavy atom. The van der Waals surface area contributed by atoms with Gasteiger partial charge in [-0.15, -0.1) is 0 Å². The number of rotatable bonds is 8. The number of hydrogen-bond donors (Lipinski definition) is 2. The van der Waals surface area contributed by atoms with Gasteiger partial charge in [-0.05, 0) is 52.3 Å². The minimum Gasteiger partial charge on any atom is -0.491 e. The van der Waals surface area contributed by atoms with Crippen LogP contribution in [0.4, 0.5) is 4.79 Å². The van der Waals surface area contributed by atoms with Gasteiger partial charge in [0.15, 0.2) is 0 Å². The van der Waals surface area contributed by atoms with Crippen LogP contribution in [0.5, 0.6) is 5.75 Å². The van der Waals surface area contributed by atoms with Crippen molar-refractivity contribution < 1.29 is 23.8 Å². The number of hydrogen-bond acceptors (Lipinski definition) is 5. The van der Waals surface area contributed by atoms with Crippen LogP contribution in [0, 0.1) is 0 Å². The second-order valence-electron chi connectivity index (χ2n) is 6.86. The first-order valence-electron chi connectivity index (χ1n) is 9.11. The van der Waals surface area contributed by atoms with Crippen molar-refractivity contribution in [2.75, 3.05) is 13.2 Å². The van der Waals surface area contributed by atoms with Crippen molar-refractivity contribution in [3.63, 3.8) is 0 Å². The quantitative estimate of drug-likeness (QED) is 0.538. The number of amides is 2. The van der Waals surface area contributed by atoms with Crippen molar-refractivity contribution in [2.24, 2.45) is 0 Å². The molecule has 2 amide bonds. The average Bonchev–Trinajstić information content (AvgIpc) is 2.58. The first-order chi connectivity index (χ1) is 12.8. The molecule has 0 unspecified atom stereocenters. The van der Waals surface area contributed by atoms with Gasteiger partial charge in [-0.3, -0.25) is 0 Å². The zero-order chi connectivity index (χ0) is 20.0. The van der Waals surface area contributed by atoms with Crippen LogP contribution in [0.3, 0.4) is 0 Å². The van der Waals surface area contributed by atoms with E-state index < -0.39 is 12.0 Å². The molecule has 1 aliphatic rings. The van der Waals surface area contributed by atoms with Gasteiger partial charge in [-0.2, -0.15) is 0 Å². The zero-order valence-corrected chi connectivity index (χ0v) is 16.5. The molecule has 7 nitrogen and oxygen atoms in total. The van der Waals surface area contributed by atoms with Gasteiger partial charge in [-0.1, -0.05) is 12.1 Å².